The third-order valence-corrected chi connectivity index (χ3v) is 3.56. The largest absolute Gasteiger partial charge is 0.493 e. The third kappa shape index (κ3) is 2.86. The molecule has 0 saturated heterocycles. The first-order valence-corrected chi connectivity index (χ1v) is 7.31. The smallest absolute Gasteiger partial charge is 0.364 e. The molecule has 1 heterocycles. The lowest BCUT2D eigenvalue weighted by Crippen LogP contribution is -1.93. The first-order chi connectivity index (χ1) is 10.2. The summed E-state index contributed by atoms with van der Waals surface area (Å²) in [6, 6.07) is 15.7. The second-order valence-corrected chi connectivity index (χ2v) is 5.35. The van der Waals surface area contributed by atoms with Crippen LogP contribution in [0.25, 0.3) is 22.3 Å². The van der Waals surface area contributed by atoms with Crippen molar-refractivity contribution in [3.8, 4) is 17.1 Å². The molecule has 0 atom stereocenters. The van der Waals surface area contributed by atoms with Crippen LogP contribution in [0.5, 0.6) is 5.75 Å². The highest BCUT2D eigenvalue weighted by molar-refractivity contribution is 6.31. The van der Waals surface area contributed by atoms with Crippen LogP contribution in [0.1, 0.15) is 12.5 Å². The quantitative estimate of drug-likeness (QED) is 0.575. The predicted octanol–water partition coefficient (Wildman–Crippen LogP) is 5.74. The van der Waals surface area contributed by atoms with Crippen molar-refractivity contribution in [3.05, 3.63) is 59.1 Å². The SMILES string of the molecule is CCOc1cc(-c2ccc(C)cc2)[o+]c2ccc(Cl)cc12. The number of fused-ring (bicyclic) bond motifs is 1. The summed E-state index contributed by atoms with van der Waals surface area (Å²) < 4.78 is 11.7. The van der Waals surface area contributed by atoms with Crippen LogP contribution in [0.2, 0.25) is 5.02 Å². The lowest BCUT2D eigenvalue weighted by atomic mass is 10.1. The van der Waals surface area contributed by atoms with Gasteiger partial charge >= 0.3 is 11.3 Å². The van der Waals surface area contributed by atoms with E-state index in [-0.39, 0.29) is 0 Å². The van der Waals surface area contributed by atoms with E-state index >= 15 is 0 Å². The van der Waals surface area contributed by atoms with Gasteiger partial charge < -0.3 is 4.74 Å². The normalized spacial score (nSPS) is 10.8. The Balaban J connectivity index is 2.20. The van der Waals surface area contributed by atoms with E-state index in [1.165, 1.54) is 5.56 Å². The molecule has 2 nitrogen and oxygen atoms in total. The van der Waals surface area contributed by atoms with Gasteiger partial charge in [-0.05, 0) is 38.1 Å². The molecule has 0 N–H and O–H groups in total. The molecule has 0 aliphatic rings. The maximum absolute atomic E-state index is 6.07. The molecule has 106 valence electrons. The maximum atomic E-state index is 6.07. The van der Waals surface area contributed by atoms with E-state index in [9.17, 15) is 0 Å². The Kier molecular flexibility index (Phi) is 3.80. The lowest BCUT2D eigenvalue weighted by molar-refractivity contribution is 0.342. The number of halogens is 1. The fourth-order valence-electron chi connectivity index (χ4n) is 2.26. The second kappa shape index (κ2) is 5.74. The molecule has 0 saturated carbocycles. The van der Waals surface area contributed by atoms with Gasteiger partial charge in [0.25, 0.3) is 0 Å². The predicted molar refractivity (Wildman–Crippen MR) is 87.0 cm³/mol. The Bertz CT molecular complexity index is 779. The zero-order chi connectivity index (χ0) is 14.8. The molecule has 3 aromatic rings. The van der Waals surface area contributed by atoms with Crippen LogP contribution in [-0.4, -0.2) is 6.61 Å². The van der Waals surface area contributed by atoms with E-state index < -0.39 is 0 Å². The molecule has 3 heteroatoms. The lowest BCUT2D eigenvalue weighted by Gasteiger charge is -2.04. The summed E-state index contributed by atoms with van der Waals surface area (Å²) in [7, 11) is 0. The van der Waals surface area contributed by atoms with Crippen molar-refractivity contribution >= 4 is 22.6 Å². The first-order valence-electron chi connectivity index (χ1n) is 6.93. The summed E-state index contributed by atoms with van der Waals surface area (Å²) in [6.07, 6.45) is 0. The van der Waals surface area contributed by atoms with Gasteiger partial charge in [-0.3, -0.25) is 0 Å². The average molecular weight is 300 g/mol. The number of benzene rings is 2. The molecule has 0 spiro atoms. The average Bonchev–Trinajstić information content (AvgIpc) is 2.48. The molecule has 21 heavy (non-hydrogen) atoms. The van der Waals surface area contributed by atoms with Gasteiger partial charge in [0.05, 0.1) is 18.2 Å². The Hall–Kier alpha value is -2.06. The van der Waals surface area contributed by atoms with Crippen LogP contribution < -0.4 is 4.74 Å². The molecule has 0 amide bonds. The molecule has 0 unspecified atom stereocenters. The second-order valence-electron chi connectivity index (χ2n) is 4.91. The van der Waals surface area contributed by atoms with Gasteiger partial charge in [-0.1, -0.05) is 29.3 Å². The van der Waals surface area contributed by atoms with Gasteiger partial charge in [-0.25, -0.2) is 4.42 Å². The van der Waals surface area contributed by atoms with Gasteiger partial charge in [0.15, 0.2) is 0 Å². The summed E-state index contributed by atoms with van der Waals surface area (Å²) in [4.78, 5) is 0. The minimum Gasteiger partial charge on any atom is -0.493 e. The van der Waals surface area contributed by atoms with Crippen LogP contribution in [0.4, 0.5) is 0 Å². The Morgan fingerprint density at radius 3 is 2.52 bits per heavy atom. The Morgan fingerprint density at radius 1 is 1.05 bits per heavy atom. The fraction of sp³-hybridized carbons (Fsp3) is 0.167. The van der Waals surface area contributed by atoms with Crippen molar-refractivity contribution in [2.24, 2.45) is 0 Å². The molecule has 0 aliphatic heterocycles. The van der Waals surface area contributed by atoms with Crippen LogP contribution in [-0.2, 0) is 0 Å². The van der Waals surface area contributed by atoms with Crippen LogP contribution in [0.15, 0.2) is 52.9 Å². The highest BCUT2D eigenvalue weighted by atomic mass is 35.5. The fourth-order valence-corrected chi connectivity index (χ4v) is 2.44. The standard InChI is InChI=1S/C18H16ClO2/c1-3-20-18-11-17(13-6-4-12(2)5-7-13)21-16-9-8-14(19)10-15(16)18/h4-11H,3H2,1-2H3/q+1. The first kappa shape index (κ1) is 13.9. The maximum Gasteiger partial charge on any atom is 0.364 e. The van der Waals surface area contributed by atoms with E-state index in [1.54, 1.807) is 0 Å². The van der Waals surface area contributed by atoms with Gasteiger partial charge in [-0.15, -0.1) is 0 Å². The topological polar surface area (TPSA) is 20.5 Å². The molecule has 0 radical (unpaired) electrons. The van der Waals surface area contributed by atoms with Crippen molar-refractivity contribution in [1.82, 2.24) is 0 Å². The zero-order valence-corrected chi connectivity index (χ0v) is 12.8. The number of ether oxygens (including phenoxy) is 1. The Morgan fingerprint density at radius 2 is 1.81 bits per heavy atom. The van der Waals surface area contributed by atoms with E-state index in [2.05, 4.69) is 19.1 Å². The Labute approximate surface area is 128 Å². The van der Waals surface area contributed by atoms with Crippen molar-refractivity contribution in [1.29, 1.82) is 0 Å². The van der Waals surface area contributed by atoms with Gasteiger partial charge in [0.1, 0.15) is 11.1 Å². The van der Waals surface area contributed by atoms with Crippen molar-refractivity contribution in [2.75, 3.05) is 6.61 Å². The van der Waals surface area contributed by atoms with Gasteiger partial charge in [0.2, 0.25) is 0 Å². The van der Waals surface area contributed by atoms with E-state index in [1.807, 2.05) is 43.3 Å². The molecule has 2 aromatic carbocycles. The summed E-state index contributed by atoms with van der Waals surface area (Å²) in [6.45, 7) is 4.62. The highest BCUT2D eigenvalue weighted by Gasteiger charge is 2.20. The highest BCUT2D eigenvalue weighted by Crippen LogP contribution is 2.34. The molecule has 0 bridgehead atoms. The van der Waals surface area contributed by atoms with E-state index in [0.717, 1.165) is 28.0 Å². The third-order valence-electron chi connectivity index (χ3n) is 3.33. The van der Waals surface area contributed by atoms with Crippen molar-refractivity contribution in [2.45, 2.75) is 13.8 Å². The summed E-state index contributed by atoms with van der Waals surface area (Å²) in [5, 5.41) is 1.56. The number of hydrogen-bond acceptors (Lipinski definition) is 1. The van der Waals surface area contributed by atoms with Gasteiger partial charge in [-0.2, -0.15) is 0 Å². The summed E-state index contributed by atoms with van der Waals surface area (Å²) in [5.41, 5.74) is 3.01. The van der Waals surface area contributed by atoms with E-state index in [4.69, 9.17) is 20.8 Å². The summed E-state index contributed by atoms with van der Waals surface area (Å²) in [5.74, 6) is 1.57. The van der Waals surface area contributed by atoms with Crippen LogP contribution >= 0.6 is 11.6 Å². The zero-order valence-electron chi connectivity index (χ0n) is 12.0. The minimum absolute atomic E-state index is 0.596. The number of aryl methyl sites for hydroxylation is 1. The van der Waals surface area contributed by atoms with Crippen LogP contribution in [0, 0.1) is 6.92 Å². The summed E-state index contributed by atoms with van der Waals surface area (Å²) >= 11 is 6.07. The van der Waals surface area contributed by atoms with Gasteiger partial charge in [0, 0.05) is 11.1 Å². The molecule has 0 aliphatic carbocycles. The van der Waals surface area contributed by atoms with E-state index in [0.29, 0.717) is 11.6 Å². The molecule has 1 aromatic heterocycles. The van der Waals surface area contributed by atoms with Crippen molar-refractivity contribution < 1.29 is 9.15 Å². The minimum atomic E-state index is 0.596. The molecular formula is C18H16ClO2+. The molecule has 3 rings (SSSR count). The molecular weight excluding hydrogens is 284 g/mol. The van der Waals surface area contributed by atoms with Crippen molar-refractivity contribution in [3.63, 3.8) is 0 Å². The number of rotatable bonds is 3. The molecule has 0 fully saturated rings. The monoisotopic (exact) mass is 299 g/mol. The number of hydrogen-bond donors (Lipinski definition) is 0. The van der Waals surface area contributed by atoms with Crippen LogP contribution in [0.3, 0.4) is 0 Å².